The van der Waals surface area contributed by atoms with Crippen LogP contribution in [0.1, 0.15) is 22.3 Å². The molecule has 38 heavy (non-hydrogen) atoms. The van der Waals surface area contributed by atoms with Crippen molar-refractivity contribution in [3.05, 3.63) is 156 Å². The summed E-state index contributed by atoms with van der Waals surface area (Å²) in [6.45, 7) is 0. The van der Waals surface area contributed by atoms with Crippen molar-refractivity contribution in [2.45, 2.75) is 12.8 Å². The lowest BCUT2D eigenvalue weighted by atomic mass is 9.92. The molecule has 9 rings (SSSR count). The van der Waals surface area contributed by atoms with Gasteiger partial charge in [-0.1, -0.05) is 133 Å². The lowest BCUT2D eigenvalue weighted by Gasteiger charge is -2.12. The van der Waals surface area contributed by atoms with Crippen molar-refractivity contribution in [1.29, 1.82) is 0 Å². The Morgan fingerprint density at radius 3 is 1.63 bits per heavy atom. The van der Waals surface area contributed by atoms with E-state index in [-0.39, 0.29) is 0 Å². The molecule has 2 aliphatic carbocycles. The second kappa shape index (κ2) is 8.43. The first-order valence-electron chi connectivity index (χ1n) is 13.5. The third kappa shape index (κ3) is 3.17. The Kier molecular flexibility index (Phi) is 4.75. The number of benzene rings is 7. The first-order chi connectivity index (χ1) is 18.9. The Morgan fingerprint density at radius 1 is 0.316 bits per heavy atom. The van der Waals surface area contributed by atoms with Crippen molar-refractivity contribution in [3.63, 3.8) is 0 Å². The van der Waals surface area contributed by atoms with E-state index in [1.54, 1.807) is 0 Å². The maximum atomic E-state index is 2.27. The lowest BCUT2D eigenvalue weighted by Crippen LogP contribution is -1.87. The van der Waals surface area contributed by atoms with Gasteiger partial charge in [-0.25, -0.2) is 0 Å². The molecule has 0 bridgehead atoms. The van der Waals surface area contributed by atoms with Crippen LogP contribution >= 0.6 is 0 Å². The van der Waals surface area contributed by atoms with Gasteiger partial charge in [0.1, 0.15) is 0 Å². The molecule has 0 amide bonds. The minimum absolute atomic E-state index is 1.05. The summed E-state index contributed by atoms with van der Waals surface area (Å²) in [6, 6.07) is 48.4. The molecule has 2 aliphatic rings. The topological polar surface area (TPSA) is 0 Å². The molecule has 0 saturated carbocycles. The fourth-order valence-electron chi connectivity index (χ4n) is 6.72. The zero-order chi connectivity index (χ0) is 25.1. The molecule has 0 atom stereocenters. The van der Waals surface area contributed by atoms with Crippen molar-refractivity contribution < 1.29 is 0 Å². The largest absolute Gasteiger partial charge is 0.0619 e. The molecular formula is C38H26. The Morgan fingerprint density at radius 2 is 0.842 bits per heavy atom. The zero-order valence-electron chi connectivity index (χ0n) is 21.1. The third-order valence-electron chi connectivity index (χ3n) is 8.41. The standard InChI is InChI=1S/C21H14.C17H12/c1-2-8-15-14(7-1)13-20-18-11-4-3-9-16(18)17-10-5-6-12-19(17)21(15)20;1-3-7-14-12(5-1)9-10-16-15-8-4-2-6-13(15)11-17(14)16/h1-12H,13H2;1-10H,11H2. The molecule has 0 aliphatic heterocycles. The highest BCUT2D eigenvalue weighted by Crippen LogP contribution is 2.45. The van der Waals surface area contributed by atoms with Crippen LogP contribution in [0.2, 0.25) is 0 Å². The molecule has 0 aromatic heterocycles. The average molecular weight is 483 g/mol. The van der Waals surface area contributed by atoms with Crippen molar-refractivity contribution in [2.75, 3.05) is 0 Å². The van der Waals surface area contributed by atoms with Gasteiger partial charge in [0.2, 0.25) is 0 Å². The summed E-state index contributed by atoms with van der Waals surface area (Å²) in [5, 5.41) is 8.28. The van der Waals surface area contributed by atoms with E-state index < -0.39 is 0 Å². The summed E-state index contributed by atoms with van der Waals surface area (Å²) < 4.78 is 0. The molecule has 0 N–H and O–H groups in total. The van der Waals surface area contributed by atoms with E-state index in [1.165, 1.54) is 76.8 Å². The van der Waals surface area contributed by atoms with E-state index in [2.05, 4.69) is 133 Å². The highest BCUT2D eigenvalue weighted by Gasteiger charge is 2.23. The van der Waals surface area contributed by atoms with Crippen LogP contribution in [0.25, 0.3) is 54.6 Å². The highest BCUT2D eigenvalue weighted by atomic mass is 14.3. The number of rotatable bonds is 0. The van der Waals surface area contributed by atoms with Crippen LogP contribution in [-0.4, -0.2) is 0 Å². The van der Waals surface area contributed by atoms with Gasteiger partial charge in [-0.05, 0) is 89.7 Å². The van der Waals surface area contributed by atoms with E-state index >= 15 is 0 Å². The van der Waals surface area contributed by atoms with Crippen molar-refractivity contribution in [2.24, 2.45) is 0 Å². The van der Waals surface area contributed by atoms with E-state index in [0.717, 1.165) is 12.8 Å². The van der Waals surface area contributed by atoms with Gasteiger partial charge >= 0.3 is 0 Å². The van der Waals surface area contributed by atoms with Crippen LogP contribution in [0.15, 0.2) is 133 Å². The van der Waals surface area contributed by atoms with Crippen LogP contribution in [0.5, 0.6) is 0 Å². The molecule has 0 unspecified atom stereocenters. The second-order valence-corrected chi connectivity index (χ2v) is 10.4. The first kappa shape index (κ1) is 21.4. The minimum atomic E-state index is 1.05. The Balaban J connectivity index is 0.000000121. The zero-order valence-corrected chi connectivity index (χ0v) is 21.1. The van der Waals surface area contributed by atoms with Crippen LogP contribution in [0.3, 0.4) is 0 Å². The molecule has 0 saturated heterocycles. The minimum Gasteiger partial charge on any atom is -0.0619 e. The molecule has 7 aromatic rings. The summed E-state index contributed by atoms with van der Waals surface area (Å²) in [5.74, 6) is 0. The normalized spacial score (nSPS) is 12.5. The van der Waals surface area contributed by atoms with Gasteiger partial charge in [-0.3, -0.25) is 0 Å². The van der Waals surface area contributed by atoms with Crippen LogP contribution in [0.4, 0.5) is 0 Å². The van der Waals surface area contributed by atoms with Gasteiger partial charge < -0.3 is 0 Å². The van der Waals surface area contributed by atoms with Crippen LogP contribution < -0.4 is 0 Å². The number of hydrogen-bond donors (Lipinski definition) is 0. The van der Waals surface area contributed by atoms with Crippen LogP contribution in [0, 0.1) is 0 Å². The predicted octanol–water partition coefficient (Wildman–Crippen LogP) is 9.98. The molecule has 178 valence electrons. The Bertz CT molecular complexity index is 2030. The molecule has 0 heterocycles. The fourth-order valence-corrected chi connectivity index (χ4v) is 6.72. The fraction of sp³-hybridized carbons (Fsp3) is 0.0526. The Labute approximate surface area is 222 Å². The van der Waals surface area contributed by atoms with Crippen molar-refractivity contribution in [1.82, 2.24) is 0 Å². The van der Waals surface area contributed by atoms with Gasteiger partial charge in [0.15, 0.2) is 0 Å². The average Bonchev–Trinajstić information content (AvgIpc) is 3.57. The van der Waals surface area contributed by atoms with Gasteiger partial charge in [0, 0.05) is 0 Å². The van der Waals surface area contributed by atoms with E-state index in [9.17, 15) is 0 Å². The monoisotopic (exact) mass is 482 g/mol. The summed E-state index contributed by atoms with van der Waals surface area (Å²) in [5.41, 5.74) is 11.6. The number of fused-ring (bicyclic) bond motifs is 13. The molecular weight excluding hydrogens is 456 g/mol. The molecule has 0 fully saturated rings. The molecule has 7 aromatic carbocycles. The predicted molar refractivity (Wildman–Crippen MR) is 162 cm³/mol. The van der Waals surface area contributed by atoms with E-state index in [1.807, 2.05) is 0 Å². The van der Waals surface area contributed by atoms with E-state index in [0.29, 0.717) is 0 Å². The summed E-state index contributed by atoms with van der Waals surface area (Å²) in [6.07, 6.45) is 2.13. The lowest BCUT2D eigenvalue weighted by molar-refractivity contribution is 1.28. The van der Waals surface area contributed by atoms with Crippen molar-refractivity contribution in [3.8, 4) is 22.3 Å². The Hall–Kier alpha value is -4.68. The van der Waals surface area contributed by atoms with E-state index in [4.69, 9.17) is 0 Å². The third-order valence-corrected chi connectivity index (χ3v) is 8.41. The summed E-state index contributed by atoms with van der Waals surface area (Å²) >= 11 is 0. The van der Waals surface area contributed by atoms with Gasteiger partial charge in [-0.2, -0.15) is 0 Å². The quantitative estimate of drug-likeness (QED) is 0.189. The van der Waals surface area contributed by atoms with Gasteiger partial charge in [-0.15, -0.1) is 0 Å². The van der Waals surface area contributed by atoms with Crippen molar-refractivity contribution >= 4 is 32.3 Å². The second-order valence-electron chi connectivity index (χ2n) is 10.4. The maximum Gasteiger partial charge on any atom is -0.000705 e. The molecule has 0 spiro atoms. The molecule has 0 nitrogen and oxygen atoms in total. The SMILES string of the molecule is c1ccc2c(c1)Cc1c-2c2ccccc2c2ccccc12.c1ccc2c(c1)Cc1c-2ccc2ccccc12. The number of hydrogen-bond acceptors (Lipinski definition) is 0. The maximum absolute atomic E-state index is 2.27. The summed E-state index contributed by atoms with van der Waals surface area (Å²) in [4.78, 5) is 0. The van der Waals surface area contributed by atoms with Gasteiger partial charge in [0.25, 0.3) is 0 Å². The van der Waals surface area contributed by atoms with Crippen LogP contribution in [-0.2, 0) is 12.8 Å². The first-order valence-corrected chi connectivity index (χ1v) is 13.5. The smallest absolute Gasteiger partial charge is 0.000705 e. The molecule has 0 radical (unpaired) electrons. The van der Waals surface area contributed by atoms with Gasteiger partial charge in [0.05, 0.1) is 0 Å². The molecule has 0 heteroatoms. The highest BCUT2D eigenvalue weighted by molar-refractivity contribution is 6.17. The summed E-state index contributed by atoms with van der Waals surface area (Å²) in [7, 11) is 0.